The zero-order valence-corrected chi connectivity index (χ0v) is 7.89. The topological polar surface area (TPSA) is 38.3 Å². The first-order valence-corrected chi connectivity index (χ1v) is 3.72. The van der Waals surface area contributed by atoms with Crippen molar-refractivity contribution in [1.29, 1.82) is 0 Å². The summed E-state index contributed by atoms with van der Waals surface area (Å²) in [5.74, 6) is 0. The number of alkyl carbamates (subject to hydrolysis) is 1. The van der Waals surface area contributed by atoms with Crippen molar-refractivity contribution in [3.05, 3.63) is 0 Å². The van der Waals surface area contributed by atoms with Crippen molar-refractivity contribution >= 4 is 6.09 Å². The summed E-state index contributed by atoms with van der Waals surface area (Å²) in [5, 5.41) is 2.71. The highest BCUT2D eigenvalue weighted by molar-refractivity contribution is 5.67. The van der Waals surface area contributed by atoms with E-state index in [1.165, 1.54) is 7.11 Å². The molecule has 66 valence electrons. The first kappa shape index (κ1) is 10.3. The molecule has 0 unspecified atom stereocenters. The van der Waals surface area contributed by atoms with Crippen LogP contribution in [0.15, 0.2) is 0 Å². The molecule has 0 radical (unpaired) electrons. The monoisotopic (exact) mass is 159 g/mol. The van der Waals surface area contributed by atoms with Crippen molar-refractivity contribution in [1.82, 2.24) is 5.32 Å². The lowest BCUT2D eigenvalue weighted by molar-refractivity contribution is 0.156. The van der Waals surface area contributed by atoms with Gasteiger partial charge in [-0.15, -0.1) is 0 Å². The molecule has 0 fully saturated rings. The molecule has 1 amide bonds. The van der Waals surface area contributed by atoms with Gasteiger partial charge in [0.05, 0.1) is 7.11 Å². The fourth-order valence-corrected chi connectivity index (χ4v) is 0.452. The lowest BCUT2D eigenvalue weighted by Crippen LogP contribution is -2.41. The third kappa shape index (κ3) is 3.86. The maximum absolute atomic E-state index is 10.7. The molecule has 0 spiro atoms. The van der Waals surface area contributed by atoms with Crippen LogP contribution in [-0.4, -0.2) is 19.2 Å². The van der Waals surface area contributed by atoms with Gasteiger partial charge in [-0.25, -0.2) is 4.79 Å². The number of ether oxygens (including phenoxy) is 1. The van der Waals surface area contributed by atoms with Crippen LogP contribution in [0.3, 0.4) is 0 Å². The number of amides is 1. The van der Waals surface area contributed by atoms with E-state index in [0.717, 1.165) is 0 Å². The molecule has 0 aliphatic carbocycles. The minimum Gasteiger partial charge on any atom is -0.453 e. The minimum absolute atomic E-state index is 0.0776. The van der Waals surface area contributed by atoms with E-state index in [0.29, 0.717) is 0 Å². The van der Waals surface area contributed by atoms with Crippen LogP contribution in [0.5, 0.6) is 0 Å². The second-order valence-corrected chi connectivity index (χ2v) is 3.72. The van der Waals surface area contributed by atoms with Crippen LogP contribution in [0.25, 0.3) is 0 Å². The van der Waals surface area contributed by atoms with E-state index in [9.17, 15) is 4.79 Å². The van der Waals surface area contributed by atoms with Crippen molar-refractivity contribution in [2.45, 2.75) is 33.7 Å². The molecule has 0 aromatic rings. The molecule has 1 N–H and O–H groups in total. The van der Waals surface area contributed by atoms with Gasteiger partial charge in [-0.3, -0.25) is 0 Å². The quantitative estimate of drug-likeness (QED) is 0.633. The van der Waals surface area contributed by atoms with Crippen molar-refractivity contribution < 1.29 is 9.53 Å². The van der Waals surface area contributed by atoms with Gasteiger partial charge in [0, 0.05) is 6.04 Å². The van der Waals surface area contributed by atoms with E-state index < -0.39 is 0 Å². The Hall–Kier alpha value is -0.730. The third-order valence-electron chi connectivity index (χ3n) is 1.82. The Labute approximate surface area is 68.1 Å². The molecule has 1 atom stereocenters. The average Bonchev–Trinajstić information content (AvgIpc) is 1.85. The van der Waals surface area contributed by atoms with E-state index in [4.69, 9.17) is 0 Å². The molecule has 0 heterocycles. The van der Waals surface area contributed by atoms with Crippen molar-refractivity contribution in [3.63, 3.8) is 0 Å². The minimum atomic E-state index is -0.368. The predicted octanol–water partition coefficient (Wildman–Crippen LogP) is 1.78. The van der Waals surface area contributed by atoms with E-state index >= 15 is 0 Å². The molecule has 11 heavy (non-hydrogen) atoms. The van der Waals surface area contributed by atoms with Gasteiger partial charge < -0.3 is 10.1 Å². The number of carbonyl (C=O) groups is 1. The zero-order chi connectivity index (χ0) is 9.07. The third-order valence-corrected chi connectivity index (χ3v) is 1.82. The summed E-state index contributed by atoms with van der Waals surface area (Å²) < 4.78 is 4.47. The van der Waals surface area contributed by atoms with Gasteiger partial charge in [0.1, 0.15) is 0 Å². The Balaban J connectivity index is 3.87. The fraction of sp³-hybridized carbons (Fsp3) is 0.875. The van der Waals surface area contributed by atoms with Gasteiger partial charge in [0.15, 0.2) is 0 Å². The fourth-order valence-electron chi connectivity index (χ4n) is 0.452. The smallest absolute Gasteiger partial charge is 0.407 e. The summed E-state index contributed by atoms with van der Waals surface area (Å²) >= 11 is 0. The molecule has 0 aliphatic rings. The number of methoxy groups -OCH3 is 1. The molecule has 0 rings (SSSR count). The van der Waals surface area contributed by atoms with E-state index in [1.807, 2.05) is 6.92 Å². The summed E-state index contributed by atoms with van der Waals surface area (Å²) in [5.41, 5.74) is 0.0776. The van der Waals surface area contributed by atoms with Crippen LogP contribution in [-0.2, 0) is 4.74 Å². The number of hydrogen-bond donors (Lipinski definition) is 1. The molecule has 0 saturated heterocycles. The van der Waals surface area contributed by atoms with Gasteiger partial charge in [-0.1, -0.05) is 20.8 Å². The Morgan fingerprint density at radius 2 is 1.91 bits per heavy atom. The Bertz CT molecular complexity index is 138. The average molecular weight is 159 g/mol. The highest BCUT2D eigenvalue weighted by Crippen LogP contribution is 2.18. The number of nitrogens with one attached hydrogen (secondary N) is 1. The zero-order valence-electron chi connectivity index (χ0n) is 7.89. The molecule has 3 heteroatoms. The van der Waals surface area contributed by atoms with Crippen LogP contribution in [0.4, 0.5) is 4.79 Å². The van der Waals surface area contributed by atoms with Crippen LogP contribution in [0.2, 0.25) is 0 Å². The first-order valence-electron chi connectivity index (χ1n) is 3.72. The molecule has 0 aliphatic heterocycles. The molecule has 0 bridgehead atoms. The van der Waals surface area contributed by atoms with Gasteiger partial charge in [0.25, 0.3) is 0 Å². The summed E-state index contributed by atoms with van der Waals surface area (Å²) in [7, 11) is 1.37. The van der Waals surface area contributed by atoms with Gasteiger partial charge >= 0.3 is 6.09 Å². The van der Waals surface area contributed by atoms with Crippen LogP contribution < -0.4 is 5.32 Å². The van der Waals surface area contributed by atoms with E-state index in [2.05, 4.69) is 30.8 Å². The largest absolute Gasteiger partial charge is 0.453 e. The second-order valence-electron chi connectivity index (χ2n) is 3.72. The predicted molar refractivity (Wildman–Crippen MR) is 44.5 cm³/mol. The Kier molecular flexibility index (Phi) is 3.36. The highest BCUT2D eigenvalue weighted by atomic mass is 16.5. The maximum Gasteiger partial charge on any atom is 0.407 e. The molecule has 0 aromatic carbocycles. The van der Waals surface area contributed by atoms with Crippen LogP contribution in [0.1, 0.15) is 27.7 Å². The standard InChI is InChI=1S/C8H17NO2/c1-6(8(2,3)4)9-7(10)11-5/h6H,1-5H3,(H,9,10)/t6-/m0/s1. The Morgan fingerprint density at radius 1 is 1.45 bits per heavy atom. The van der Waals surface area contributed by atoms with E-state index in [1.54, 1.807) is 0 Å². The molecular formula is C8H17NO2. The number of rotatable bonds is 1. The molecule has 0 saturated carbocycles. The molecule has 3 nitrogen and oxygen atoms in total. The Morgan fingerprint density at radius 3 is 2.18 bits per heavy atom. The first-order chi connectivity index (χ1) is 4.88. The van der Waals surface area contributed by atoms with Crippen molar-refractivity contribution in [3.8, 4) is 0 Å². The van der Waals surface area contributed by atoms with Crippen LogP contribution >= 0.6 is 0 Å². The summed E-state index contributed by atoms with van der Waals surface area (Å²) in [6, 6.07) is 0.120. The highest BCUT2D eigenvalue weighted by Gasteiger charge is 2.21. The van der Waals surface area contributed by atoms with Gasteiger partial charge in [-0.2, -0.15) is 0 Å². The summed E-state index contributed by atoms with van der Waals surface area (Å²) in [4.78, 5) is 10.7. The normalized spacial score (nSPS) is 13.9. The SMILES string of the molecule is COC(=O)N[C@@H](C)C(C)(C)C. The van der Waals surface area contributed by atoms with Crippen LogP contribution in [0, 0.1) is 5.41 Å². The summed E-state index contributed by atoms with van der Waals surface area (Å²) in [6.07, 6.45) is -0.368. The number of carbonyl (C=O) groups excluding carboxylic acids is 1. The second kappa shape index (κ2) is 3.60. The number of hydrogen-bond acceptors (Lipinski definition) is 2. The maximum atomic E-state index is 10.7. The van der Waals surface area contributed by atoms with Crippen molar-refractivity contribution in [2.24, 2.45) is 5.41 Å². The van der Waals surface area contributed by atoms with Gasteiger partial charge in [-0.05, 0) is 12.3 Å². The molecule has 0 aromatic heterocycles. The molecular weight excluding hydrogens is 142 g/mol. The van der Waals surface area contributed by atoms with Gasteiger partial charge in [0.2, 0.25) is 0 Å². The lowest BCUT2D eigenvalue weighted by Gasteiger charge is -2.27. The lowest BCUT2D eigenvalue weighted by atomic mass is 9.88. The van der Waals surface area contributed by atoms with E-state index in [-0.39, 0.29) is 17.6 Å². The van der Waals surface area contributed by atoms with Crippen molar-refractivity contribution in [2.75, 3.05) is 7.11 Å². The summed E-state index contributed by atoms with van der Waals surface area (Å²) in [6.45, 7) is 8.14.